The van der Waals surface area contributed by atoms with Gasteiger partial charge in [0.15, 0.2) is 5.96 Å². The molecule has 1 atom stereocenters. The van der Waals surface area contributed by atoms with Crippen LogP contribution < -0.4 is 15.4 Å². The standard InChI is InChI=1S/C23H36N6O.HI/c1-4-24-23(25-12-9-15-29-18-19(2)16-27-29)26-17-21(28-13-7-8-14-28)20-10-5-6-11-22(20)30-3;/h5-6,10-11,16,18,21H,4,7-9,12-15,17H2,1-3H3,(H2,24,25,26);1H. The summed E-state index contributed by atoms with van der Waals surface area (Å²) in [6.45, 7) is 9.70. The summed E-state index contributed by atoms with van der Waals surface area (Å²) >= 11 is 0. The highest BCUT2D eigenvalue weighted by atomic mass is 127. The van der Waals surface area contributed by atoms with E-state index in [0.717, 1.165) is 50.9 Å². The van der Waals surface area contributed by atoms with E-state index in [1.807, 2.05) is 23.0 Å². The van der Waals surface area contributed by atoms with Crippen molar-refractivity contribution in [2.24, 2.45) is 4.99 Å². The first-order chi connectivity index (χ1) is 14.7. The lowest BCUT2D eigenvalue weighted by atomic mass is 10.0. The van der Waals surface area contributed by atoms with E-state index in [4.69, 9.17) is 9.73 Å². The molecule has 0 radical (unpaired) electrons. The molecule has 3 rings (SSSR count). The Labute approximate surface area is 203 Å². The van der Waals surface area contributed by atoms with E-state index in [-0.39, 0.29) is 30.0 Å². The highest BCUT2D eigenvalue weighted by Crippen LogP contribution is 2.31. The van der Waals surface area contributed by atoms with Gasteiger partial charge in [0.2, 0.25) is 0 Å². The largest absolute Gasteiger partial charge is 0.496 e. The first kappa shape index (κ1) is 25.5. The topological polar surface area (TPSA) is 66.7 Å². The van der Waals surface area contributed by atoms with Gasteiger partial charge in [0.05, 0.1) is 25.9 Å². The van der Waals surface area contributed by atoms with Gasteiger partial charge in [-0.3, -0.25) is 14.6 Å². The number of methoxy groups -OCH3 is 1. The number of nitrogens with zero attached hydrogens (tertiary/aromatic N) is 4. The number of aliphatic imine (C=N–C) groups is 1. The van der Waals surface area contributed by atoms with E-state index in [0.29, 0.717) is 6.54 Å². The third-order valence-corrected chi connectivity index (χ3v) is 5.46. The van der Waals surface area contributed by atoms with E-state index < -0.39 is 0 Å². The molecular weight excluding hydrogens is 503 g/mol. The summed E-state index contributed by atoms with van der Waals surface area (Å²) in [4.78, 5) is 7.47. The van der Waals surface area contributed by atoms with Crippen molar-refractivity contribution in [3.63, 3.8) is 0 Å². The summed E-state index contributed by atoms with van der Waals surface area (Å²) in [6, 6.07) is 8.56. The lowest BCUT2D eigenvalue weighted by molar-refractivity contribution is 0.245. The van der Waals surface area contributed by atoms with Gasteiger partial charge in [0.25, 0.3) is 0 Å². The van der Waals surface area contributed by atoms with Crippen molar-refractivity contribution in [1.82, 2.24) is 25.3 Å². The van der Waals surface area contributed by atoms with Gasteiger partial charge in [-0.25, -0.2) is 0 Å². The molecule has 7 nitrogen and oxygen atoms in total. The van der Waals surface area contributed by atoms with Crippen LogP contribution in [0, 0.1) is 6.92 Å². The summed E-state index contributed by atoms with van der Waals surface area (Å²) in [5, 5.41) is 11.2. The summed E-state index contributed by atoms with van der Waals surface area (Å²) in [5.74, 6) is 1.81. The van der Waals surface area contributed by atoms with Crippen molar-refractivity contribution in [3.05, 3.63) is 47.8 Å². The zero-order valence-corrected chi connectivity index (χ0v) is 21.3. The molecule has 0 amide bonds. The van der Waals surface area contributed by atoms with Gasteiger partial charge < -0.3 is 15.4 Å². The summed E-state index contributed by atoms with van der Waals surface area (Å²) in [6.07, 6.45) is 7.47. The Kier molecular flexibility index (Phi) is 11.1. The predicted molar refractivity (Wildman–Crippen MR) is 138 cm³/mol. The Hall–Kier alpha value is -1.81. The minimum atomic E-state index is 0. The van der Waals surface area contributed by atoms with Crippen LogP contribution in [0.1, 0.15) is 43.4 Å². The van der Waals surface area contributed by atoms with Gasteiger partial charge in [-0.2, -0.15) is 5.10 Å². The minimum Gasteiger partial charge on any atom is -0.496 e. The number of halogens is 1. The number of aromatic nitrogens is 2. The normalized spacial score (nSPS) is 15.4. The average molecular weight is 540 g/mol. The number of likely N-dealkylation sites (tertiary alicyclic amines) is 1. The SMILES string of the molecule is CCNC(=NCC(c1ccccc1OC)N1CCCC1)NCCCn1cc(C)cn1.I. The maximum Gasteiger partial charge on any atom is 0.191 e. The molecule has 2 heterocycles. The second kappa shape index (κ2) is 13.6. The third kappa shape index (κ3) is 7.68. The molecule has 0 bridgehead atoms. The van der Waals surface area contributed by atoms with Crippen molar-refractivity contribution in [2.45, 2.75) is 45.7 Å². The van der Waals surface area contributed by atoms with Crippen LogP contribution >= 0.6 is 24.0 Å². The molecule has 1 aromatic carbocycles. The van der Waals surface area contributed by atoms with E-state index >= 15 is 0 Å². The number of benzene rings is 1. The van der Waals surface area contributed by atoms with Crippen LogP contribution in [0.2, 0.25) is 0 Å². The number of nitrogens with one attached hydrogen (secondary N) is 2. The summed E-state index contributed by atoms with van der Waals surface area (Å²) < 4.78 is 7.64. The molecule has 8 heteroatoms. The average Bonchev–Trinajstić information content (AvgIpc) is 3.43. The zero-order valence-electron chi connectivity index (χ0n) is 19.0. The first-order valence-electron chi connectivity index (χ1n) is 11.1. The number of aryl methyl sites for hydroxylation is 2. The molecule has 31 heavy (non-hydrogen) atoms. The fourth-order valence-electron chi connectivity index (χ4n) is 3.96. The van der Waals surface area contributed by atoms with Crippen LogP contribution in [0.5, 0.6) is 5.75 Å². The molecule has 2 aromatic rings. The molecule has 2 N–H and O–H groups in total. The van der Waals surface area contributed by atoms with E-state index in [2.05, 4.69) is 52.8 Å². The Balaban J connectivity index is 0.00000341. The van der Waals surface area contributed by atoms with Gasteiger partial charge in [-0.1, -0.05) is 18.2 Å². The second-order valence-electron chi connectivity index (χ2n) is 7.78. The Morgan fingerprint density at radius 1 is 1.23 bits per heavy atom. The lowest BCUT2D eigenvalue weighted by Gasteiger charge is -2.28. The summed E-state index contributed by atoms with van der Waals surface area (Å²) in [7, 11) is 1.75. The molecule has 1 aromatic heterocycles. The number of hydrogen-bond donors (Lipinski definition) is 2. The minimum absolute atomic E-state index is 0. The molecule has 0 aliphatic carbocycles. The monoisotopic (exact) mass is 540 g/mol. The van der Waals surface area contributed by atoms with Crippen molar-refractivity contribution < 1.29 is 4.74 Å². The fourth-order valence-corrected chi connectivity index (χ4v) is 3.96. The smallest absolute Gasteiger partial charge is 0.191 e. The maximum atomic E-state index is 5.65. The van der Waals surface area contributed by atoms with Gasteiger partial charge in [-0.15, -0.1) is 24.0 Å². The quantitative estimate of drug-likeness (QED) is 0.209. The predicted octanol–water partition coefficient (Wildman–Crippen LogP) is 3.60. The lowest BCUT2D eigenvalue weighted by Crippen LogP contribution is -2.39. The van der Waals surface area contributed by atoms with Gasteiger partial charge in [-0.05, 0) is 57.8 Å². The second-order valence-corrected chi connectivity index (χ2v) is 7.78. The molecule has 172 valence electrons. The van der Waals surface area contributed by atoms with Crippen molar-refractivity contribution >= 4 is 29.9 Å². The fraction of sp³-hybridized carbons (Fsp3) is 0.565. The molecular formula is C23H37IN6O. The highest BCUT2D eigenvalue weighted by molar-refractivity contribution is 14.0. The van der Waals surface area contributed by atoms with Crippen LogP contribution in [0.25, 0.3) is 0 Å². The molecule has 1 unspecified atom stereocenters. The van der Waals surface area contributed by atoms with Crippen LogP contribution in [0.15, 0.2) is 41.7 Å². The van der Waals surface area contributed by atoms with Crippen molar-refractivity contribution in [3.8, 4) is 5.75 Å². The van der Waals surface area contributed by atoms with E-state index in [9.17, 15) is 0 Å². The molecule has 0 saturated carbocycles. The molecule has 1 saturated heterocycles. The van der Waals surface area contributed by atoms with Gasteiger partial charge in [0, 0.05) is 31.4 Å². The van der Waals surface area contributed by atoms with E-state index in [1.54, 1.807) is 7.11 Å². The van der Waals surface area contributed by atoms with Gasteiger partial charge >= 0.3 is 0 Å². The number of rotatable bonds is 10. The first-order valence-corrected chi connectivity index (χ1v) is 11.1. The van der Waals surface area contributed by atoms with Gasteiger partial charge in [0.1, 0.15) is 5.75 Å². The number of para-hydroxylation sites is 1. The molecule has 0 spiro atoms. The Morgan fingerprint density at radius 2 is 2.00 bits per heavy atom. The van der Waals surface area contributed by atoms with E-state index in [1.165, 1.54) is 24.0 Å². The maximum absolute atomic E-state index is 5.65. The number of hydrogen-bond acceptors (Lipinski definition) is 4. The van der Waals surface area contributed by atoms with Crippen LogP contribution in [-0.2, 0) is 6.54 Å². The molecule has 1 aliphatic rings. The zero-order chi connectivity index (χ0) is 21.2. The van der Waals surface area contributed by atoms with Crippen LogP contribution in [-0.4, -0.2) is 60.5 Å². The third-order valence-electron chi connectivity index (χ3n) is 5.46. The van der Waals surface area contributed by atoms with Crippen LogP contribution in [0.4, 0.5) is 0 Å². The Morgan fingerprint density at radius 3 is 2.68 bits per heavy atom. The Bertz CT molecular complexity index is 803. The summed E-state index contributed by atoms with van der Waals surface area (Å²) in [5.41, 5.74) is 2.41. The highest BCUT2D eigenvalue weighted by Gasteiger charge is 2.25. The molecule has 1 fully saturated rings. The van der Waals surface area contributed by atoms with Crippen LogP contribution in [0.3, 0.4) is 0 Å². The number of guanidine groups is 1. The molecule has 1 aliphatic heterocycles. The van der Waals surface area contributed by atoms with Crippen molar-refractivity contribution in [1.29, 1.82) is 0 Å². The number of ether oxygens (including phenoxy) is 1. The van der Waals surface area contributed by atoms with Crippen molar-refractivity contribution in [2.75, 3.05) is 39.8 Å².